The topological polar surface area (TPSA) is 25.7 Å². The van der Waals surface area contributed by atoms with Crippen molar-refractivity contribution >= 4 is 33.3 Å². The highest BCUT2D eigenvalue weighted by Gasteiger charge is 2.18. The van der Waals surface area contributed by atoms with Gasteiger partial charge in [-0.2, -0.15) is 0 Å². The summed E-state index contributed by atoms with van der Waals surface area (Å²) in [5.74, 6) is 0. The summed E-state index contributed by atoms with van der Waals surface area (Å²) in [4.78, 5) is 6.95. The molecule has 2 aromatic heterocycles. The summed E-state index contributed by atoms with van der Waals surface area (Å²) < 4.78 is 8.08. The van der Waals surface area contributed by atoms with Crippen LogP contribution >= 0.6 is 0 Å². The lowest BCUT2D eigenvalue weighted by molar-refractivity contribution is -0.660. The third-order valence-corrected chi connectivity index (χ3v) is 4.50. The third-order valence-electron chi connectivity index (χ3n) is 4.50. The predicted octanol–water partition coefficient (Wildman–Crippen LogP) is 5.49. The van der Waals surface area contributed by atoms with E-state index in [1.165, 1.54) is 0 Å². The van der Waals surface area contributed by atoms with E-state index >= 15 is 0 Å². The molecule has 0 saturated heterocycles. The Balaban J connectivity index is 2.08. The summed E-state index contributed by atoms with van der Waals surface area (Å²) in [5, 5.41) is 1.84. The van der Waals surface area contributed by atoms with Gasteiger partial charge in [-0.15, -0.1) is 0 Å². The molecule has 0 aliphatic carbocycles. The summed E-state index contributed by atoms with van der Waals surface area (Å²) in [6, 6.07) is 13.7. The van der Waals surface area contributed by atoms with E-state index < -0.39 is 0 Å². The molecule has 0 amide bonds. The van der Waals surface area contributed by atoms with Crippen LogP contribution < -0.4 is 4.57 Å². The number of hydrogen-bond donors (Lipinski definition) is 0. The standard InChI is InChI=1S/C21H14N3O/c1-13-11-16-14-8-9-17(22-2)20(23-3)21(14)25-19(16)12-15(13)18-7-5-6-10-24(18)4/h5-12H,1,4H3/q+1. The van der Waals surface area contributed by atoms with Gasteiger partial charge < -0.3 is 4.42 Å². The quantitative estimate of drug-likeness (QED) is 0.336. The fourth-order valence-corrected chi connectivity index (χ4v) is 3.25. The highest BCUT2D eigenvalue weighted by Crippen LogP contribution is 2.42. The van der Waals surface area contributed by atoms with Gasteiger partial charge in [0.25, 0.3) is 0 Å². The van der Waals surface area contributed by atoms with Crippen LogP contribution in [0.1, 0.15) is 5.56 Å². The van der Waals surface area contributed by atoms with Crippen molar-refractivity contribution in [2.24, 2.45) is 7.05 Å². The van der Waals surface area contributed by atoms with E-state index in [0.717, 1.165) is 33.2 Å². The largest absolute Gasteiger partial charge is 0.469 e. The molecule has 4 rings (SSSR count). The predicted molar refractivity (Wildman–Crippen MR) is 97.6 cm³/mol. The Morgan fingerprint density at radius 3 is 2.56 bits per heavy atom. The lowest BCUT2D eigenvalue weighted by atomic mass is 10.0. The molecule has 0 unspecified atom stereocenters. The Morgan fingerprint density at radius 1 is 1.00 bits per heavy atom. The lowest BCUT2D eigenvalue weighted by Crippen LogP contribution is -2.30. The summed E-state index contributed by atoms with van der Waals surface area (Å²) in [6.45, 7) is 16.7. The van der Waals surface area contributed by atoms with Crippen molar-refractivity contribution in [3.05, 3.63) is 77.1 Å². The van der Waals surface area contributed by atoms with Gasteiger partial charge in [0, 0.05) is 22.9 Å². The number of fused-ring (bicyclic) bond motifs is 3. The SMILES string of the molecule is [C-]#[N+]c1ccc2c(oc3cc(-c4cccc[n+]4C)c(C)cc32)c1[N+]#[C-]. The highest BCUT2D eigenvalue weighted by molar-refractivity contribution is 6.12. The molecule has 118 valence electrons. The summed E-state index contributed by atoms with van der Waals surface area (Å²) >= 11 is 0. The minimum atomic E-state index is 0.285. The van der Waals surface area contributed by atoms with Gasteiger partial charge in [0.05, 0.1) is 18.7 Å². The molecule has 2 aromatic carbocycles. The first-order valence-corrected chi connectivity index (χ1v) is 7.84. The van der Waals surface area contributed by atoms with Gasteiger partial charge in [-0.1, -0.05) is 12.1 Å². The Hall–Kier alpha value is -3.63. The van der Waals surface area contributed by atoms with E-state index in [0.29, 0.717) is 11.3 Å². The van der Waals surface area contributed by atoms with Crippen LogP contribution in [-0.2, 0) is 7.05 Å². The summed E-state index contributed by atoms with van der Waals surface area (Å²) in [6.07, 6.45) is 2.01. The monoisotopic (exact) mass is 324 g/mol. The fraction of sp³-hybridized carbons (Fsp3) is 0.0952. The number of furan rings is 1. The van der Waals surface area contributed by atoms with E-state index in [1.807, 2.05) is 37.5 Å². The molecule has 0 saturated carbocycles. The molecule has 0 bridgehead atoms. The maximum atomic E-state index is 7.41. The number of nitrogens with zero attached hydrogens (tertiary/aromatic N) is 3. The first-order valence-electron chi connectivity index (χ1n) is 7.84. The first kappa shape index (κ1) is 14.9. The number of benzene rings is 2. The van der Waals surface area contributed by atoms with E-state index in [2.05, 4.69) is 33.3 Å². The van der Waals surface area contributed by atoms with Crippen LogP contribution in [0.3, 0.4) is 0 Å². The van der Waals surface area contributed by atoms with Crippen molar-refractivity contribution in [3.63, 3.8) is 0 Å². The number of hydrogen-bond acceptors (Lipinski definition) is 1. The normalized spacial score (nSPS) is 10.7. The molecule has 0 aliphatic heterocycles. The molecule has 25 heavy (non-hydrogen) atoms. The van der Waals surface area contributed by atoms with Gasteiger partial charge >= 0.3 is 0 Å². The Kier molecular flexibility index (Phi) is 3.27. The van der Waals surface area contributed by atoms with Crippen LogP contribution in [0, 0.1) is 20.1 Å². The number of pyridine rings is 1. The molecule has 0 spiro atoms. The van der Waals surface area contributed by atoms with Crippen molar-refractivity contribution in [1.29, 1.82) is 0 Å². The van der Waals surface area contributed by atoms with E-state index in [-0.39, 0.29) is 5.69 Å². The van der Waals surface area contributed by atoms with Crippen LogP contribution in [0.15, 0.2) is 53.1 Å². The zero-order valence-electron chi connectivity index (χ0n) is 13.9. The van der Waals surface area contributed by atoms with E-state index in [9.17, 15) is 0 Å². The average molecular weight is 324 g/mol. The Labute approximate surface area is 145 Å². The molecule has 0 radical (unpaired) electrons. The number of aromatic nitrogens is 1. The first-order chi connectivity index (χ1) is 12.1. The van der Waals surface area contributed by atoms with Crippen molar-refractivity contribution in [2.75, 3.05) is 0 Å². The third kappa shape index (κ3) is 2.16. The number of aryl methyl sites for hydroxylation is 2. The molecule has 4 nitrogen and oxygen atoms in total. The van der Waals surface area contributed by atoms with E-state index in [1.54, 1.807) is 6.07 Å². The van der Waals surface area contributed by atoms with Crippen LogP contribution in [0.5, 0.6) is 0 Å². The van der Waals surface area contributed by atoms with Crippen LogP contribution in [0.2, 0.25) is 0 Å². The second-order valence-corrected chi connectivity index (χ2v) is 6.00. The molecule has 0 atom stereocenters. The van der Waals surface area contributed by atoms with E-state index in [4.69, 9.17) is 17.6 Å². The van der Waals surface area contributed by atoms with Crippen molar-refractivity contribution < 1.29 is 8.98 Å². The molecule has 4 heteroatoms. The zero-order chi connectivity index (χ0) is 17.6. The molecule has 0 aliphatic rings. The molecular weight excluding hydrogens is 310 g/mol. The van der Waals surface area contributed by atoms with Gasteiger partial charge in [0.15, 0.2) is 11.9 Å². The molecular formula is C21H14N3O+. The van der Waals surface area contributed by atoms with Gasteiger partial charge in [-0.25, -0.2) is 14.3 Å². The Morgan fingerprint density at radius 2 is 1.84 bits per heavy atom. The fourth-order valence-electron chi connectivity index (χ4n) is 3.25. The van der Waals surface area contributed by atoms with Crippen LogP contribution in [0.25, 0.3) is 42.9 Å². The van der Waals surface area contributed by atoms with Crippen LogP contribution in [-0.4, -0.2) is 0 Å². The lowest BCUT2D eigenvalue weighted by Gasteiger charge is -2.04. The molecule has 4 aromatic rings. The second kappa shape index (κ2) is 5.47. The number of rotatable bonds is 1. The van der Waals surface area contributed by atoms with Crippen LogP contribution in [0.4, 0.5) is 11.4 Å². The molecule has 0 N–H and O–H groups in total. The molecule has 2 heterocycles. The molecule has 0 fully saturated rings. The second-order valence-electron chi connectivity index (χ2n) is 6.00. The Bertz CT molecular complexity index is 1240. The smallest absolute Gasteiger partial charge is 0.236 e. The van der Waals surface area contributed by atoms with Gasteiger partial charge in [0.2, 0.25) is 11.4 Å². The van der Waals surface area contributed by atoms with Gasteiger partial charge in [0.1, 0.15) is 18.2 Å². The van der Waals surface area contributed by atoms with Crippen molar-refractivity contribution in [2.45, 2.75) is 6.92 Å². The zero-order valence-corrected chi connectivity index (χ0v) is 13.9. The maximum absolute atomic E-state index is 7.41. The highest BCUT2D eigenvalue weighted by atomic mass is 16.3. The van der Waals surface area contributed by atoms with Crippen molar-refractivity contribution in [1.82, 2.24) is 0 Å². The van der Waals surface area contributed by atoms with Gasteiger partial charge in [-0.05, 0) is 30.7 Å². The minimum absolute atomic E-state index is 0.285. The minimum Gasteiger partial charge on any atom is -0.469 e. The summed E-state index contributed by atoms with van der Waals surface area (Å²) in [5.41, 5.74) is 5.15. The maximum Gasteiger partial charge on any atom is 0.236 e. The summed E-state index contributed by atoms with van der Waals surface area (Å²) in [7, 11) is 2.01. The van der Waals surface area contributed by atoms with Crippen molar-refractivity contribution in [3.8, 4) is 11.3 Å². The van der Waals surface area contributed by atoms with Gasteiger partial charge in [-0.3, -0.25) is 0 Å². The average Bonchev–Trinajstić information content (AvgIpc) is 2.98.